The van der Waals surface area contributed by atoms with Crippen molar-refractivity contribution < 1.29 is 29.0 Å². The Morgan fingerprint density at radius 3 is 2.48 bits per heavy atom. The van der Waals surface area contributed by atoms with Crippen LogP contribution in [0.4, 0.5) is 16.2 Å². The Kier molecular flexibility index (Phi) is 8.49. The summed E-state index contributed by atoms with van der Waals surface area (Å²) in [6, 6.07) is 15.1. The summed E-state index contributed by atoms with van der Waals surface area (Å²) >= 11 is 0. The summed E-state index contributed by atoms with van der Waals surface area (Å²) in [5.41, 5.74) is 7.48. The van der Waals surface area contributed by atoms with Gasteiger partial charge in [-0.1, -0.05) is 24.3 Å². The molecule has 4 N–H and O–H groups in total. The number of carboxylic acids is 1. The minimum atomic E-state index is -1.02. The molecule has 1 aliphatic rings. The number of aromatic carboxylic acids is 1. The molecule has 40 heavy (non-hydrogen) atoms. The molecule has 0 spiro atoms. The highest BCUT2D eigenvalue weighted by Crippen LogP contribution is 2.37. The second kappa shape index (κ2) is 11.8. The number of amides is 2. The zero-order valence-corrected chi connectivity index (χ0v) is 23.3. The normalized spacial score (nSPS) is 15.4. The monoisotopic (exact) mass is 548 g/mol. The van der Waals surface area contributed by atoms with Crippen molar-refractivity contribution in [2.45, 2.75) is 45.4 Å². The van der Waals surface area contributed by atoms with Gasteiger partial charge in [-0.15, -0.1) is 0 Å². The summed E-state index contributed by atoms with van der Waals surface area (Å²) in [7, 11) is 1.55. The summed E-state index contributed by atoms with van der Waals surface area (Å²) in [4.78, 5) is 42.3. The molecule has 1 atom stereocenters. The van der Waals surface area contributed by atoms with E-state index in [9.17, 15) is 19.5 Å². The molecule has 2 amide bonds. The van der Waals surface area contributed by atoms with E-state index in [4.69, 9.17) is 15.2 Å². The fourth-order valence-corrected chi connectivity index (χ4v) is 4.90. The maximum atomic E-state index is 14.2. The number of alkyl carbamates (subject to hydrolysis) is 1. The molecule has 212 valence electrons. The first-order chi connectivity index (χ1) is 19.0. The average molecular weight is 549 g/mol. The number of ether oxygens (including phenoxy) is 2. The fourth-order valence-electron chi connectivity index (χ4n) is 4.90. The predicted molar refractivity (Wildman–Crippen MR) is 154 cm³/mol. The summed E-state index contributed by atoms with van der Waals surface area (Å²) in [5.74, 6) is -0.777. The number of nitrogens with one attached hydrogen (secondary N) is 1. The van der Waals surface area contributed by atoms with Gasteiger partial charge in [0.1, 0.15) is 17.4 Å². The number of benzene rings is 3. The smallest absolute Gasteiger partial charge is 0.408 e. The summed E-state index contributed by atoms with van der Waals surface area (Å²) < 4.78 is 11.2. The van der Waals surface area contributed by atoms with E-state index in [0.717, 1.165) is 11.1 Å². The lowest BCUT2D eigenvalue weighted by atomic mass is 10.00. The molecular weight excluding hydrogens is 512 g/mol. The molecule has 1 heterocycles. The Labute approximate surface area is 233 Å². The van der Waals surface area contributed by atoms with Crippen molar-refractivity contribution in [3.8, 4) is 5.75 Å². The molecule has 1 aliphatic heterocycles. The lowest BCUT2D eigenvalue weighted by Crippen LogP contribution is -2.53. The van der Waals surface area contributed by atoms with Gasteiger partial charge in [-0.05, 0) is 74.8 Å². The number of nitrogens with zero attached hydrogens (tertiary/aromatic N) is 2. The number of hydrogen-bond acceptors (Lipinski definition) is 7. The lowest BCUT2D eigenvalue weighted by Gasteiger charge is -2.28. The molecule has 0 aliphatic carbocycles. The summed E-state index contributed by atoms with van der Waals surface area (Å²) in [5, 5.41) is 13.7. The lowest BCUT2D eigenvalue weighted by molar-refractivity contribution is -0.120. The average Bonchev–Trinajstić information content (AvgIpc) is 3.01. The molecule has 10 heteroatoms. The molecule has 0 saturated carbocycles. The van der Waals surface area contributed by atoms with Crippen LogP contribution in [0.5, 0.6) is 5.75 Å². The molecule has 0 radical (unpaired) electrons. The number of hydrogen-bond donors (Lipinski definition) is 3. The van der Waals surface area contributed by atoms with Crippen LogP contribution >= 0.6 is 0 Å². The number of para-hydroxylation sites is 2. The molecule has 10 nitrogen and oxygen atoms in total. The highest BCUT2D eigenvalue weighted by Gasteiger charge is 2.36. The molecule has 0 fully saturated rings. The second-order valence-corrected chi connectivity index (χ2v) is 10.7. The summed E-state index contributed by atoms with van der Waals surface area (Å²) in [6.45, 7) is 6.72. The Morgan fingerprint density at radius 2 is 1.82 bits per heavy atom. The van der Waals surface area contributed by atoms with Crippen molar-refractivity contribution in [3.63, 3.8) is 0 Å². The number of nitrogens with two attached hydrogens (primary N) is 1. The van der Waals surface area contributed by atoms with E-state index in [2.05, 4.69) is 10.2 Å². The minimum Gasteiger partial charge on any atom is -0.496 e. The highest BCUT2D eigenvalue weighted by molar-refractivity contribution is 6.04. The van der Waals surface area contributed by atoms with Crippen molar-refractivity contribution >= 4 is 40.1 Å². The van der Waals surface area contributed by atoms with Gasteiger partial charge in [0.15, 0.2) is 0 Å². The van der Waals surface area contributed by atoms with Crippen LogP contribution in [-0.2, 0) is 16.1 Å². The summed E-state index contributed by atoms with van der Waals surface area (Å²) in [6.07, 6.45) is 0.0181. The van der Waals surface area contributed by atoms with E-state index in [1.807, 2.05) is 24.3 Å². The van der Waals surface area contributed by atoms with Crippen molar-refractivity contribution in [2.24, 2.45) is 5.73 Å². The standard InChI is InChI=1S/C30H36N4O6/c1-30(2,3)40-29(38)32-23-18-33(15-7-14-31)24-8-5-6-9-25(24)34(27(23)35)17-22-21-12-10-20(28(36)37)16-19(21)11-13-26(22)39-4/h5-6,8-13,16,23H,7,14-15,17-18,31H2,1-4H3,(H,32,38)(H,36,37). The first-order valence-electron chi connectivity index (χ1n) is 13.2. The van der Waals surface area contributed by atoms with Gasteiger partial charge in [0.05, 0.1) is 30.6 Å². The molecular formula is C30H36N4O6. The van der Waals surface area contributed by atoms with Crippen LogP contribution in [0.15, 0.2) is 54.6 Å². The number of rotatable bonds is 8. The Balaban J connectivity index is 1.81. The van der Waals surface area contributed by atoms with Crippen LogP contribution in [0.3, 0.4) is 0 Å². The third kappa shape index (κ3) is 6.28. The van der Waals surface area contributed by atoms with Gasteiger partial charge in [-0.2, -0.15) is 0 Å². The Morgan fingerprint density at radius 1 is 1.10 bits per heavy atom. The van der Waals surface area contributed by atoms with E-state index < -0.39 is 23.7 Å². The van der Waals surface area contributed by atoms with Gasteiger partial charge in [0.25, 0.3) is 5.91 Å². The topological polar surface area (TPSA) is 134 Å². The maximum Gasteiger partial charge on any atom is 0.408 e. The molecule has 1 unspecified atom stereocenters. The van der Waals surface area contributed by atoms with Crippen molar-refractivity contribution in [3.05, 3.63) is 65.7 Å². The number of anilines is 2. The zero-order valence-electron chi connectivity index (χ0n) is 23.3. The molecule has 0 aromatic heterocycles. The van der Waals surface area contributed by atoms with Crippen LogP contribution in [0.2, 0.25) is 0 Å². The van der Waals surface area contributed by atoms with Crippen LogP contribution in [0.1, 0.15) is 43.1 Å². The molecule has 3 aromatic carbocycles. The Bertz CT molecular complexity index is 1420. The number of carbonyl (C=O) groups is 3. The quantitative estimate of drug-likeness (QED) is 0.382. The number of carboxylic acid groups (broad SMARTS) is 1. The minimum absolute atomic E-state index is 0.125. The number of carbonyl (C=O) groups excluding carboxylic acids is 2. The van der Waals surface area contributed by atoms with Gasteiger partial charge >= 0.3 is 12.1 Å². The van der Waals surface area contributed by atoms with Gasteiger partial charge in [-0.25, -0.2) is 9.59 Å². The van der Waals surface area contributed by atoms with E-state index in [-0.39, 0.29) is 24.6 Å². The zero-order chi connectivity index (χ0) is 29.0. The van der Waals surface area contributed by atoms with Crippen LogP contribution < -0.4 is 25.6 Å². The van der Waals surface area contributed by atoms with E-state index in [1.54, 1.807) is 57.0 Å². The van der Waals surface area contributed by atoms with Gasteiger partial charge in [-0.3, -0.25) is 4.79 Å². The number of methoxy groups -OCH3 is 1. The third-order valence-electron chi connectivity index (χ3n) is 6.67. The van der Waals surface area contributed by atoms with E-state index >= 15 is 0 Å². The number of fused-ring (bicyclic) bond motifs is 2. The van der Waals surface area contributed by atoms with Crippen LogP contribution in [-0.4, -0.2) is 61.5 Å². The first kappa shape index (κ1) is 28.7. The maximum absolute atomic E-state index is 14.2. The molecule has 0 saturated heterocycles. The van der Waals surface area contributed by atoms with Crippen molar-refractivity contribution in [1.29, 1.82) is 0 Å². The second-order valence-electron chi connectivity index (χ2n) is 10.7. The van der Waals surface area contributed by atoms with Crippen LogP contribution in [0.25, 0.3) is 10.8 Å². The van der Waals surface area contributed by atoms with Gasteiger partial charge < -0.3 is 35.4 Å². The van der Waals surface area contributed by atoms with Crippen molar-refractivity contribution in [2.75, 3.05) is 36.5 Å². The predicted octanol–water partition coefficient (Wildman–Crippen LogP) is 4.14. The highest BCUT2D eigenvalue weighted by atomic mass is 16.6. The largest absolute Gasteiger partial charge is 0.496 e. The van der Waals surface area contributed by atoms with Crippen molar-refractivity contribution in [1.82, 2.24) is 5.32 Å². The van der Waals surface area contributed by atoms with E-state index in [1.165, 1.54) is 6.07 Å². The van der Waals surface area contributed by atoms with Crippen LogP contribution in [0, 0.1) is 0 Å². The molecule has 3 aromatic rings. The van der Waals surface area contributed by atoms with E-state index in [0.29, 0.717) is 41.9 Å². The fraction of sp³-hybridized carbons (Fsp3) is 0.367. The third-order valence-corrected chi connectivity index (χ3v) is 6.67. The first-order valence-corrected chi connectivity index (χ1v) is 13.2. The van der Waals surface area contributed by atoms with Gasteiger partial charge in [0.2, 0.25) is 0 Å². The molecule has 0 bridgehead atoms. The Hall–Kier alpha value is -4.31. The van der Waals surface area contributed by atoms with Gasteiger partial charge in [0, 0.05) is 18.7 Å². The molecule has 4 rings (SSSR count). The SMILES string of the molecule is COc1ccc2cc(C(=O)O)ccc2c1CN1C(=O)C(NC(=O)OC(C)(C)C)CN(CCCN)c2ccccc21.